The standard InChI is InChI=1S/C27H23NO5/c1-17-7-6-10-20(15-17)28-25(19-12-14-21(29)23(16-19)33-2)24(26(31)27(28)32)22(30)13-11-18-8-4-3-5-9-18/h3-16,25,29,31H,1-2H3/b13-11+. The molecule has 166 valence electrons. The average Bonchev–Trinajstić information content (AvgIpc) is 3.09. The number of aryl methyl sites for hydroxylation is 1. The number of ketones is 1. The average molecular weight is 441 g/mol. The van der Waals surface area contributed by atoms with Crippen LogP contribution in [0.15, 0.2) is 90.2 Å². The molecule has 1 atom stereocenters. The molecule has 0 saturated heterocycles. The number of methoxy groups -OCH3 is 1. The Morgan fingerprint density at radius 3 is 2.45 bits per heavy atom. The number of ether oxygens (including phenoxy) is 1. The van der Waals surface area contributed by atoms with Crippen molar-refractivity contribution in [1.82, 2.24) is 0 Å². The minimum Gasteiger partial charge on any atom is -0.504 e. The van der Waals surface area contributed by atoms with Gasteiger partial charge in [0.2, 0.25) is 0 Å². The van der Waals surface area contributed by atoms with Crippen LogP contribution in [0.1, 0.15) is 22.7 Å². The number of rotatable bonds is 6. The predicted octanol–water partition coefficient (Wildman–Crippen LogP) is 4.89. The van der Waals surface area contributed by atoms with Gasteiger partial charge in [-0.15, -0.1) is 0 Å². The lowest BCUT2D eigenvalue weighted by Gasteiger charge is -2.27. The van der Waals surface area contributed by atoms with E-state index in [0.717, 1.165) is 11.1 Å². The summed E-state index contributed by atoms with van der Waals surface area (Å²) in [6.07, 6.45) is 2.98. The molecule has 1 heterocycles. The number of carbonyl (C=O) groups is 2. The van der Waals surface area contributed by atoms with Crippen molar-refractivity contribution in [2.75, 3.05) is 12.0 Å². The zero-order valence-electron chi connectivity index (χ0n) is 18.2. The van der Waals surface area contributed by atoms with Gasteiger partial charge in [-0.1, -0.05) is 54.6 Å². The van der Waals surface area contributed by atoms with Crippen molar-refractivity contribution in [1.29, 1.82) is 0 Å². The van der Waals surface area contributed by atoms with Crippen LogP contribution in [-0.2, 0) is 9.59 Å². The lowest BCUT2D eigenvalue weighted by Crippen LogP contribution is -2.31. The van der Waals surface area contributed by atoms with Gasteiger partial charge in [0.15, 0.2) is 23.0 Å². The van der Waals surface area contributed by atoms with Gasteiger partial charge < -0.3 is 14.9 Å². The molecule has 0 radical (unpaired) electrons. The van der Waals surface area contributed by atoms with Gasteiger partial charge in [0.05, 0.1) is 18.7 Å². The SMILES string of the molecule is COc1cc(C2C(C(=O)/C=C/c3ccccc3)=C(O)C(=O)N2c2cccc(C)c2)ccc1O. The number of benzene rings is 3. The highest BCUT2D eigenvalue weighted by Gasteiger charge is 2.44. The first-order valence-corrected chi connectivity index (χ1v) is 10.4. The van der Waals surface area contributed by atoms with Crippen molar-refractivity contribution in [2.45, 2.75) is 13.0 Å². The zero-order valence-corrected chi connectivity index (χ0v) is 18.2. The molecule has 6 nitrogen and oxygen atoms in total. The maximum Gasteiger partial charge on any atom is 0.294 e. The Hall–Kier alpha value is -4.32. The molecule has 0 fully saturated rings. The van der Waals surface area contributed by atoms with Crippen LogP contribution in [0, 0.1) is 6.92 Å². The van der Waals surface area contributed by atoms with Gasteiger partial charge in [0.1, 0.15) is 0 Å². The normalized spacial score (nSPS) is 16.0. The smallest absolute Gasteiger partial charge is 0.294 e. The molecule has 0 spiro atoms. The van der Waals surface area contributed by atoms with Crippen LogP contribution in [0.4, 0.5) is 5.69 Å². The highest BCUT2D eigenvalue weighted by molar-refractivity contribution is 6.19. The molecular formula is C27H23NO5. The number of aromatic hydroxyl groups is 1. The Morgan fingerprint density at radius 1 is 1.00 bits per heavy atom. The van der Waals surface area contributed by atoms with Crippen molar-refractivity contribution in [3.63, 3.8) is 0 Å². The molecule has 0 bridgehead atoms. The number of phenolic OH excluding ortho intramolecular Hbond substituents is 1. The first-order valence-electron chi connectivity index (χ1n) is 10.4. The van der Waals surface area contributed by atoms with E-state index in [-0.39, 0.29) is 17.1 Å². The summed E-state index contributed by atoms with van der Waals surface area (Å²) >= 11 is 0. The topological polar surface area (TPSA) is 87.1 Å². The van der Waals surface area contributed by atoms with E-state index < -0.39 is 23.5 Å². The number of hydrogen-bond donors (Lipinski definition) is 2. The Morgan fingerprint density at radius 2 is 1.76 bits per heavy atom. The van der Waals surface area contributed by atoms with Crippen molar-refractivity contribution in [3.05, 3.63) is 107 Å². The van der Waals surface area contributed by atoms with E-state index in [0.29, 0.717) is 11.3 Å². The summed E-state index contributed by atoms with van der Waals surface area (Å²) in [6.45, 7) is 1.89. The molecule has 0 saturated carbocycles. The van der Waals surface area contributed by atoms with Crippen molar-refractivity contribution >= 4 is 23.5 Å². The van der Waals surface area contributed by atoms with Gasteiger partial charge in [0.25, 0.3) is 5.91 Å². The van der Waals surface area contributed by atoms with E-state index in [9.17, 15) is 19.8 Å². The number of hydrogen-bond acceptors (Lipinski definition) is 5. The molecule has 1 aliphatic rings. The summed E-state index contributed by atoms with van der Waals surface area (Å²) in [6, 6.07) is 20.2. The second-order valence-electron chi connectivity index (χ2n) is 7.72. The third kappa shape index (κ3) is 4.23. The maximum atomic E-state index is 13.3. The summed E-state index contributed by atoms with van der Waals surface area (Å²) in [5.41, 5.74) is 2.75. The third-order valence-electron chi connectivity index (χ3n) is 5.50. The van der Waals surface area contributed by atoms with Crippen LogP contribution in [0.5, 0.6) is 11.5 Å². The molecule has 1 amide bonds. The van der Waals surface area contributed by atoms with Crippen LogP contribution >= 0.6 is 0 Å². The fourth-order valence-electron chi connectivity index (χ4n) is 3.91. The summed E-state index contributed by atoms with van der Waals surface area (Å²) in [4.78, 5) is 27.8. The first-order chi connectivity index (χ1) is 15.9. The van der Waals surface area contributed by atoms with E-state index in [1.54, 1.807) is 30.3 Å². The van der Waals surface area contributed by atoms with Gasteiger partial charge in [-0.05, 0) is 54.0 Å². The van der Waals surface area contributed by atoms with Crippen LogP contribution in [0.25, 0.3) is 6.08 Å². The Kier molecular flexibility index (Phi) is 6.00. The fraction of sp³-hybridized carbons (Fsp3) is 0.111. The minimum atomic E-state index is -0.901. The summed E-state index contributed by atoms with van der Waals surface area (Å²) < 4.78 is 5.23. The van der Waals surface area contributed by atoms with E-state index >= 15 is 0 Å². The second kappa shape index (κ2) is 9.04. The molecule has 3 aromatic rings. The van der Waals surface area contributed by atoms with E-state index in [1.807, 2.05) is 49.4 Å². The number of allylic oxidation sites excluding steroid dienone is 1. The van der Waals surface area contributed by atoms with Crippen molar-refractivity contribution < 1.29 is 24.5 Å². The van der Waals surface area contributed by atoms with Gasteiger partial charge in [0, 0.05) is 5.69 Å². The zero-order chi connectivity index (χ0) is 23.5. The number of aliphatic hydroxyl groups is 1. The van der Waals surface area contributed by atoms with E-state index in [1.165, 1.54) is 24.2 Å². The molecule has 1 aliphatic heterocycles. The van der Waals surface area contributed by atoms with E-state index in [4.69, 9.17) is 4.74 Å². The molecule has 2 N–H and O–H groups in total. The first kappa shape index (κ1) is 21.9. The highest BCUT2D eigenvalue weighted by Crippen LogP contribution is 2.43. The predicted molar refractivity (Wildman–Crippen MR) is 126 cm³/mol. The maximum absolute atomic E-state index is 13.3. The molecule has 6 heteroatoms. The van der Waals surface area contributed by atoms with Gasteiger partial charge in [-0.3, -0.25) is 14.5 Å². The number of nitrogens with zero attached hydrogens (tertiary/aromatic N) is 1. The van der Waals surface area contributed by atoms with Crippen molar-refractivity contribution in [3.8, 4) is 11.5 Å². The lowest BCUT2D eigenvalue weighted by atomic mass is 9.94. The quantitative estimate of drug-likeness (QED) is 0.532. The monoisotopic (exact) mass is 441 g/mol. The second-order valence-corrected chi connectivity index (χ2v) is 7.72. The number of carbonyl (C=O) groups excluding carboxylic acids is 2. The summed E-state index contributed by atoms with van der Waals surface area (Å²) in [7, 11) is 1.42. The van der Waals surface area contributed by atoms with Crippen LogP contribution in [0.3, 0.4) is 0 Å². The molecule has 0 aromatic heterocycles. The highest BCUT2D eigenvalue weighted by atomic mass is 16.5. The molecule has 0 aliphatic carbocycles. The molecule has 3 aromatic carbocycles. The van der Waals surface area contributed by atoms with Gasteiger partial charge >= 0.3 is 0 Å². The van der Waals surface area contributed by atoms with E-state index in [2.05, 4.69) is 0 Å². The molecular weight excluding hydrogens is 418 g/mol. The molecule has 4 rings (SSSR count). The molecule has 1 unspecified atom stereocenters. The Bertz CT molecular complexity index is 1280. The number of anilines is 1. The van der Waals surface area contributed by atoms with Gasteiger partial charge in [-0.25, -0.2) is 0 Å². The van der Waals surface area contributed by atoms with Gasteiger partial charge in [-0.2, -0.15) is 0 Å². The lowest BCUT2D eigenvalue weighted by molar-refractivity contribution is -0.117. The molecule has 33 heavy (non-hydrogen) atoms. The number of amides is 1. The third-order valence-corrected chi connectivity index (χ3v) is 5.50. The largest absolute Gasteiger partial charge is 0.504 e. The summed E-state index contributed by atoms with van der Waals surface area (Å²) in [5.74, 6) is -1.64. The Labute approximate surface area is 191 Å². The minimum absolute atomic E-state index is 0.0403. The Balaban J connectivity index is 1.83. The van der Waals surface area contributed by atoms with Crippen LogP contribution in [-0.4, -0.2) is 29.0 Å². The number of phenols is 1. The van der Waals surface area contributed by atoms with Crippen LogP contribution in [0.2, 0.25) is 0 Å². The van der Waals surface area contributed by atoms with Crippen LogP contribution < -0.4 is 9.64 Å². The fourth-order valence-corrected chi connectivity index (χ4v) is 3.91. The van der Waals surface area contributed by atoms with Crippen molar-refractivity contribution in [2.24, 2.45) is 0 Å². The number of aliphatic hydroxyl groups excluding tert-OH is 1. The summed E-state index contributed by atoms with van der Waals surface area (Å²) in [5, 5.41) is 20.8.